The van der Waals surface area contributed by atoms with Gasteiger partial charge in [0.2, 0.25) is 11.8 Å². The van der Waals surface area contributed by atoms with Gasteiger partial charge < -0.3 is 15.2 Å². The molecule has 0 aliphatic carbocycles. The number of hydrogen-bond donors (Lipinski definition) is 2. The number of thioether (sulfide) groups is 1. The van der Waals surface area contributed by atoms with E-state index in [1.54, 1.807) is 35.9 Å². The van der Waals surface area contributed by atoms with E-state index in [0.717, 1.165) is 11.3 Å². The topological polar surface area (TPSA) is 88.9 Å². The molecule has 9 heteroatoms. The molecule has 0 radical (unpaired) electrons. The van der Waals surface area contributed by atoms with E-state index in [2.05, 4.69) is 20.8 Å². The third-order valence-electron chi connectivity index (χ3n) is 4.04. The number of amides is 2. The Morgan fingerprint density at radius 1 is 0.966 bits per heavy atom. The van der Waals surface area contributed by atoms with Crippen molar-refractivity contribution in [2.45, 2.75) is 18.5 Å². The van der Waals surface area contributed by atoms with Crippen LogP contribution in [0.5, 0.6) is 0 Å². The number of aryl methyl sites for hydroxylation is 1. The van der Waals surface area contributed by atoms with Gasteiger partial charge in [-0.05, 0) is 43.3 Å². The first-order valence-corrected chi connectivity index (χ1v) is 10.2. The number of anilines is 2. The molecule has 3 rings (SSSR count). The minimum absolute atomic E-state index is 0.0922. The van der Waals surface area contributed by atoms with Crippen molar-refractivity contribution < 1.29 is 9.59 Å². The second kappa shape index (κ2) is 9.58. The van der Waals surface area contributed by atoms with Gasteiger partial charge >= 0.3 is 0 Å². The van der Waals surface area contributed by atoms with E-state index in [1.807, 2.05) is 31.2 Å². The van der Waals surface area contributed by atoms with Crippen LogP contribution in [0.15, 0.2) is 53.7 Å². The molecule has 2 aromatic carbocycles. The Morgan fingerprint density at radius 3 is 2.21 bits per heavy atom. The first kappa shape index (κ1) is 20.9. The van der Waals surface area contributed by atoms with Crippen molar-refractivity contribution in [2.24, 2.45) is 7.05 Å². The Balaban J connectivity index is 1.51. The maximum Gasteiger partial charge on any atom is 0.234 e. The van der Waals surface area contributed by atoms with Crippen LogP contribution in [-0.2, 0) is 23.1 Å². The average Bonchev–Trinajstić information content (AvgIpc) is 3.03. The molecule has 29 heavy (non-hydrogen) atoms. The van der Waals surface area contributed by atoms with Gasteiger partial charge in [0, 0.05) is 23.4 Å². The lowest BCUT2D eigenvalue weighted by Crippen LogP contribution is -2.17. The van der Waals surface area contributed by atoms with Crippen molar-refractivity contribution in [2.75, 3.05) is 16.4 Å². The minimum Gasteiger partial charge on any atom is -0.326 e. The fourth-order valence-corrected chi connectivity index (χ4v) is 3.33. The lowest BCUT2D eigenvalue weighted by Gasteiger charge is -2.07. The maximum atomic E-state index is 12.2. The molecule has 0 bridgehead atoms. The third kappa shape index (κ3) is 6.07. The summed E-state index contributed by atoms with van der Waals surface area (Å²) in [5, 5.41) is 14.9. The highest BCUT2D eigenvalue weighted by molar-refractivity contribution is 7.99. The SMILES string of the molecule is Cc1ccc(NC(=O)Cc2nnc(SCC(=O)Nc3ccc(Cl)cc3)n2C)cc1. The van der Waals surface area contributed by atoms with E-state index in [4.69, 9.17) is 11.6 Å². The van der Waals surface area contributed by atoms with Crippen LogP contribution in [0, 0.1) is 6.92 Å². The summed E-state index contributed by atoms with van der Waals surface area (Å²) in [6, 6.07) is 14.5. The number of hydrogen-bond acceptors (Lipinski definition) is 5. The number of benzene rings is 2. The summed E-state index contributed by atoms with van der Waals surface area (Å²) in [5.74, 6) is 0.347. The smallest absolute Gasteiger partial charge is 0.234 e. The summed E-state index contributed by atoms with van der Waals surface area (Å²) in [6.07, 6.45) is 0.0922. The molecule has 0 saturated heterocycles. The highest BCUT2D eigenvalue weighted by Crippen LogP contribution is 2.18. The Kier molecular flexibility index (Phi) is 6.90. The third-order valence-corrected chi connectivity index (χ3v) is 5.31. The molecule has 0 spiro atoms. The quantitative estimate of drug-likeness (QED) is 0.559. The van der Waals surface area contributed by atoms with Gasteiger partial charge in [-0.25, -0.2) is 0 Å². The molecule has 0 fully saturated rings. The predicted molar refractivity (Wildman–Crippen MR) is 115 cm³/mol. The van der Waals surface area contributed by atoms with Crippen molar-refractivity contribution in [3.63, 3.8) is 0 Å². The lowest BCUT2D eigenvalue weighted by molar-refractivity contribution is -0.116. The first-order valence-electron chi connectivity index (χ1n) is 8.84. The number of rotatable bonds is 7. The van der Waals surface area contributed by atoms with E-state index in [1.165, 1.54) is 11.8 Å². The fraction of sp³-hybridized carbons (Fsp3) is 0.200. The predicted octanol–water partition coefficient (Wildman–Crippen LogP) is 3.69. The summed E-state index contributed by atoms with van der Waals surface area (Å²) in [4.78, 5) is 24.4. The van der Waals surface area contributed by atoms with E-state index in [9.17, 15) is 9.59 Å². The highest BCUT2D eigenvalue weighted by atomic mass is 35.5. The second-order valence-electron chi connectivity index (χ2n) is 6.39. The molecule has 1 heterocycles. The van der Waals surface area contributed by atoms with Gasteiger partial charge in [-0.2, -0.15) is 0 Å². The van der Waals surface area contributed by atoms with Gasteiger partial charge in [-0.3, -0.25) is 9.59 Å². The molecule has 2 N–H and O–H groups in total. The van der Waals surface area contributed by atoms with Gasteiger partial charge in [0.1, 0.15) is 5.82 Å². The molecule has 0 atom stereocenters. The van der Waals surface area contributed by atoms with Crippen LogP contribution >= 0.6 is 23.4 Å². The van der Waals surface area contributed by atoms with Crippen LogP contribution in [0.25, 0.3) is 0 Å². The largest absolute Gasteiger partial charge is 0.326 e. The molecule has 1 aromatic heterocycles. The number of carbonyl (C=O) groups is 2. The molecule has 0 aliphatic heterocycles. The van der Waals surface area contributed by atoms with E-state index < -0.39 is 0 Å². The summed E-state index contributed by atoms with van der Waals surface area (Å²) in [7, 11) is 1.77. The van der Waals surface area contributed by atoms with E-state index >= 15 is 0 Å². The average molecular weight is 430 g/mol. The van der Waals surface area contributed by atoms with Gasteiger partial charge in [-0.15, -0.1) is 10.2 Å². The molecule has 3 aromatic rings. The van der Waals surface area contributed by atoms with Gasteiger partial charge in [0.15, 0.2) is 5.16 Å². The number of halogens is 1. The normalized spacial score (nSPS) is 10.6. The van der Waals surface area contributed by atoms with Crippen LogP contribution in [0.3, 0.4) is 0 Å². The van der Waals surface area contributed by atoms with Crippen molar-refractivity contribution >= 4 is 46.6 Å². The molecule has 150 valence electrons. The van der Waals surface area contributed by atoms with E-state index in [0.29, 0.717) is 21.7 Å². The zero-order valence-electron chi connectivity index (χ0n) is 16.0. The monoisotopic (exact) mass is 429 g/mol. The Labute approximate surface area is 177 Å². The van der Waals surface area contributed by atoms with Crippen LogP contribution in [-0.4, -0.2) is 32.3 Å². The van der Waals surface area contributed by atoms with Crippen molar-refractivity contribution in [3.8, 4) is 0 Å². The molecule has 0 aliphatic rings. The van der Waals surface area contributed by atoms with Crippen LogP contribution in [0.2, 0.25) is 5.02 Å². The minimum atomic E-state index is -0.179. The number of nitrogens with zero attached hydrogens (tertiary/aromatic N) is 3. The zero-order chi connectivity index (χ0) is 20.8. The summed E-state index contributed by atoms with van der Waals surface area (Å²) >= 11 is 7.08. The highest BCUT2D eigenvalue weighted by Gasteiger charge is 2.14. The Bertz CT molecular complexity index is 1000. The van der Waals surface area contributed by atoms with Gasteiger partial charge in [-0.1, -0.05) is 41.1 Å². The zero-order valence-corrected chi connectivity index (χ0v) is 17.5. The Hall–Kier alpha value is -2.84. The van der Waals surface area contributed by atoms with Crippen molar-refractivity contribution in [3.05, 3.63) is 64.9 Å². The Morgan fingerprint density at radius 2 is 1.55 bits per heavy atom. The maximum absolute atomic E-state index is 12.2. The van der Waals surface area contributed by atoms with Gasteiger partial charge in [0.25, 0.3) is 0 Å². The standard InChI is InChI=1S/C20H20ClN5O2S/c1-13-3-7-15(8-4-13)22-18(27)11-17-24-25-20(26(17)2)29-12-19(28)23-16-9-5-14(21)6-10-16/h3-10H,11-12H2,1-2H3,(H,22,27)(H,23,28). The number of nitrogens with one attached hydrogen (secondary N) is 2. The molecular weight excluding hydrogens is 410 g/mol. The first-order chi connectivity index (χ1) is 13.9. The van der Waals surface area contributed by atoms with Crippen molar-refractivity contribution in [1.82, 2.24) is 14.8 Å². The molecule has 0 saturated carbocycles. The summed E-state index contributed by atoms with van der Waals surface area (Å²) in [6.45, 7) is 1.99. The van der Waals surface area contributed by atoms with Gasteiger partial charge in [0.05, 0.1) is 12.2 Å². The number of carbonyl (C=O) groups excluding carboxylic acids is 2. The molecule has 2 amide bonds. The van der Waals surface area contributed by atoms with Crippen LogP contribution in [0.1, 0.15) is 11.4 Å². The summed E-state index contributed by atoms with van der Waals surface area (Å²) < 4.78 is 1.72. The summed E-state index contributed by atoms with van der Waals surface area (Å²) in [5.41, 5.74) is 2.53. The molecule has 7 nitrogen and oxygen atoms in total. The van der Waals surface area contributed by atoms with Crippen LogP contribution in [0.4, 0.5) is 11.4 Å². The number of aromatic nitrogens is 3. The van der Waals surface area contributed by atoms with Crippen LogP contribution < -0.4 is 10.6 Å². The van der Waals surface area contributed by atoms with Crippen molar-refractivity contribution in [1.29, 1.82) is 0 Å². The molecular formula is C20H20ClN5O2S. The fourth-order valence-electron chi connectivity index (χ4n) is 2.47. The molecule has 0 unspecified atom stereocenters. The van der Waals surface area contributed by atoms with E-state index in [-0.39, 0.29) is 24.0 Å². The lowest BCUT2D eigenvalue weighted by atomic mass is 10.2. The second-order valence-corrected chi connectivity index (χ2v) is 7.77.